The molecular weight excluding hydrogens is 422 g/mol. The summed E-state index contributed by atoms with van der Waals surface area (Å²) >= 11 is 6.37. The number of piperidine rings is 1. The summed E-state index contributed by atoms with van der Waals surface area (Å²) in [5, 5.41) is 6.00. The molecule has 2 amide bonds. The van der Waals surface area contributed by atoms with Gasteiger partial charge in [-0.2, -0.15) is 0 Å². The van der Waals surface area contributed by atoms with Crippen LogP contribution in [-0.2, 0) is 19.1 Å². The van der Waals surface area contributed by atoms with Crippen LogP contribution < -0.4 is 10.6 Å². The zero-order chi connectivity index (χ0) is 22.4. The van der Waals surface area contributed by atoms with Crippen LogP contribution in [0.5, 0.6) is 0 Å². The Morgan fingerprint density at radius 3 is 2.65 bits per heavy atom. The monoisotopic (exact) mass is 449 g/mol. The van der Waals surface area contributed by atoms with E-state index in [4.69, 9.17) is 21.1 Å². The first-order chi connectivity index (χ1) is 14.9. The molecule has 0 radical (unpaired) electrons. The van der Waals surface area contributed by atoms with Crippen LogP contribution in [0.3, 0.4) is 0 Å². The third-order valence-electron chi connectivity index (χ3n) is 5.37. The molecule has 1 aromatic carbocycles. The lowest BCUT2D eigenvalue weighted by atomic mass is 9.93. The topological polar surface area (TPSA) is 97.0 Å². The lowest BCUT2D eigenvalue weighted by Gasteiger charge is -2.35. The van der Waals surface area contributed by atoms with Crippen LogP contribution >= 0.6 is 11.6 Å². The molecule has 0 spiro atoms. The van der Waals surface area contributed by atoms with Gasteiger partial charge in [-0.05, 0) is 44.9 Å². The van der Waals surface area contributed by atoms with E-state index in [1.54, 1.807) is 38.1 Å². The average Bonchev–Trinajstić information content (AvgIpc) is 2.74. The molecular formula is C22H28ClN3O5. The number of esters is 2. The highest BCUT2D eigenvalue weighted by molar-refractivity contribution is 6.31. The van der Waals surface area contributed by atoms with E-state index in [0.717, 1.165) is 19.4 Å². The molecule has 0 saturated carbocycles. The molecule has 2 atom stereocenters. The molecule has 168 valence electrons. The first kappa shape index (κ1) is 23.1. The number of nitrogens with zero attached hydrogens (tertiary/aromatic N) is 1. The molecule has 1 saturated heterocycles. The number of carbonyl (C=O) groups excluding carboxylic acids is 3. The van der Waals surface area contributed by atoms with Crippen LogP contribution in [0.15, 0.2) is 35.5 Å². The minimum Gasteiger partial charge on any atom is -0.466 e. The van der Waals surface area contributed by atoms with Crippen molar-refractivity contribution in [2.45, 2.75) is 32.7 Å². The van der Waals surface area contributed by atoms with Gasteiger partial charge in [0.1, 0.15) is 0 Å². The molecule has 0 aromatic heterocycles. The van der Waals surface area contributed by atoms with Crippen molar-refractivity contribution in [1.29, 1.82) is 0 Å². The van der Waals surface area contributed by atoms with E-state index >= 15 is 0 Å². The molecule has 2 N–H and O–H groups in total. The van der Waals surface area contributed by atoms with Crippen molar-refractivity contribution in [3.8, 4) is 0 Å². The number of carbonyl (C=O) groups is 3. The van der Waals surface area contributed by atoms with Crippen molar-refractivity contribution in [2.75, 3.05) is 32.8 Å². The first-order valence-corrected chi connectivity index (χ1v) is 10.9. The Balaban J connectivity index is 1.92. The fourth-order valence-corrected chi connectivity index (χ4v) is 4.26. The molecule has 8 nitrogen and oxygen atoms in total. The van der Waals surface area contributed by atoms with Crippen molar-refractivity contribution < 1.29 is 23.9 Å². The molecule has 9 heteroatoms. The van der Waals surface area contributed by atoms with Gasteiger partial charge in [-0.25, -0.2) is 9.59 Å². The van der Waals surface area contributed by atoms with Crippen molar-refractivity contribution in [2.24, 2.45) is 5.92 Å². The Hall–Kier alpha value is -2.58. The van der Waals surface area contributed by atoms with Gasteiger partial charge in [0, 0.05) is 23.8 Å². The summed E-state index contributed by atoms with van der Waals surface area (Å²) in [6.45, 7) is 5.61. The Morgan fingerprint density at radius 1 is 1.19 bits per heavy atom. The van der Waals surface area contributed by atoms with Gasteiger partial charge in [0.05, 0.1) is 30.7 Å². The molecule has 31 heavy (non-hydrogen) atoms. The molecule has 3 rings (SSSR count). The Morgan fingerprint density at radius 2 is 1.94 bits per heavy atom. The number of ether oxygens (including phenoxy) is 2. The number of halogens is 1. The van der Waals surface area contributed by atoms with Crippen molar-refractivity contribution in [1.82, 2.24) is 15.5 Å². The summed E-state index contributed by atoms with van der Waals surface area (Å²) in [7, 11) is 0. The van der Waals surface area contributed by atoms with E-state index in [1.165, 1.54) is 0 Å². The van der Waals surface area contributed by atoms with Gasteiger partial charge in [-0.15, -0.1) is 0 Å². The highest BCUT2D eigenvalue weighted by Crippen LogP contribution is 2.32. The maximum atomic E-state index is 12.9. The number of hydrogen-bond acceptors (Lipinski definition) is 6. The van der Waals surface area contributed by atoms with Crippen molar-refractivity contribution >= 4 is 29.6 Å². The predicted molar refractivity (Wildman–Crippen MR) is 115 cm³/mol. The van der Waals surface area contributed by atoms with Crippen LogP contribution in [0.2, 0.25) is 5.02 Å². The number of likely N-dealkylation sites (tertiary alicyclic amines) is 1. The van der Waals surface area contributed by atoms with Gasteiger partial charge in [0.15, 0.2) is 0 Å². The molecule has 0 aliphatic carbocycles. The second-order valence-electron chi connectivity index (χ2n) is 7.49. The zero-order valence-electron chi connectivity index (χ0n) is 17.8. The second kappa shape index (κ2) is 10.6. The molecule has 2 heterocycles. The number of amides is 2. The molecule has 0 bridgehead atoms. The van der Waals surface area contributed by atoms with E-state index in [1.807, 2.05) is 0 Å². The largest absolute Gasteiger partial charge is 0.466 e. The fraction of sp³-hybridized carbons (Fsp3) is 0.500. The maximum Gasteiger partial charge on any atom is 0.338 e. The maximum absolute atomic E-state index is 12.9. The average molecular weight is 450 g/mol. The SMILES string of the molecule is CCOC(=O)C1=C(CN2CCC[C@H](C(=O)OCC)C2)NC(=O)N[C@@H]1c1ccccc1Cl. The number of hydrogen-bond donors (Lipinski definition) is 2. The van der Waals surface area contributed by atoms with Crippen LogP contribution in [0.25, 0.3) is 0 Å². The van der Waals surface area contributed by atoms with Gasteiger partial charge in [-0.3, -0.25) is 9.69 Å². The summed E-state index contributed by atoms with van der Waals surface area (Å²) in [6, 6.07) is 5.91. The minimum absolute atomic E-state index is 0.202. The van der Waals surface area contributed by atoms with Crippen LogP contribution in [0.1, 0.15) is 38.3 Å². The smallest absolute Gasteiger partial charge is 0.338 e. The van der Waals surface area contributed by atoms with E-state index in [2.05, 4.69) is 15.5 Å². The number of rotatable bonds is 7. The summed E-state index contributed by atoms with van der Waals surface area (Å²) in [4.78, 5) is 39.6. The second-order valence-corrected chi connectivity index (χ2v) is 7.90. The van der Waals surface area contributed by atoms with Gasteiger partial charge >= 0.3 is 18.0 Å². The Labute approximate surface area is 186 Å². The number of nitrogens with one attached hydrogen (secondary N) is 2. The molecule has 1 aromatic rings. The van der Waals surface area contributed by atoms with E-state index < -0.39 is 18.0 Å². The van der Waals surface area contributed by atoms with Crippen molar-refractivity contribution in [3.63, 3.8) is 0 Å². The lowest BCUT2D eigenvalue weighted by Crippen LogP contribution is -2.50. The Bertz CT molecular complexity index is 872. The fourth-order valence-electron chi connectivity index (χ4n) is 4.01. The van der Waals surface area contributed by atoms with E-state index in [9.17, 15) is 14.4 Å². The summed E-state index contributed by atoms with van der Waals surface area (Å²) in [6.07, 6.45) is 1.58. The minimum atomic E-state index is -0.734. The first-order valence-electron chi connectivity index (χ1n) is 10.6. The normalized spacial score (nSPS) is 21.8. The van der Waals surface area contributed by atoms with Gasteiger partial charge in [-0.1, -0.05) is 29.8 Å². The van der Waals surface area contributed by atoms with Gasteiger partial charge < -0.3 is 20.1 Å². The highest BCUT2D eigenvalue weighted by Gasteiger charge is 2.36. The summed E-state index contributed by atoms with van der Waals surface area (Å²) in [5.41, 5.74) is 1.38. The molecule has 1 fully saturated rings. The lowest BCUT2D eigenvalue weighted by molar-refractivity contribution is -0.150. The third kappa shape index (κ3) is 5.57. The predicted octanol–water partition coefficient (Wildman–Crippen LogP) is 2.79. The van der Waals surface area contributed by atoms with Crippen LogP contribution in [0, 0.1) is 5.92 Å². The van der Waals surface area contributed by atoms with Gasteiger partial charge in [0.2, 0.25) is 0 Å². The standard InChI is InChI=1S/C22H28ClN3O5/c1-3-30-20(27)14-8-7-11-26(12-14)13-17-18(21(28)31-4-2)19(25-22(29)24-17)15-9-5-6-10-16(15)23/h5-6,9-10,14,19H,3-4,7-8,11-13H2,1-2H3,(H2,24,25,29)/t14-,19+/m0/s1. The number of urea groups is 1. The molecule has 2 aliphatic heterocycles. The highest BCUT2D eigenvalue weighted by atomic mass is 35.5. The molecule has 2 aliphatic rings. The van der Waals surface area contributed by atoms with Crippen LogP contribution in [0.4, 0.5) is 4.79 Å². The van der Waals surface area contributed by atoms with Gasteiger partial charge in [0.25, 0.3) is 0 Å². The molecule has 0 unspecified atom stereocenters. The van der Waals surface area contributed by atoms with E-state index in [-0.39, 0.29) is 18.5 Å². The van der Waals surface area contributed by atoms with Crippen LogP contribution in [-0.4, -0.2) is 55.7 Å². The van der Waals surface area contributed by atoms with E-state index in [0.29, 0.717) is 41.6 Å². The quantitative estimate of drug-likeness (QED) is 0.621. The summed E-state index contributed by atoms with van der Waals surface area (Å²) in [5.74, 6) is -0.957. The number of benzene rings is 1. The Kier molecular flexibility index (Phi) is 7.92. The van der Waals surface area contributed by atoms with Crippen molar-refractivity contribution in [3.05, 3.63) is 46.1 Å². The third-order valence-corrected chi connectivity index (χ3v) is 5.72. The summed E-state index contributed by atoms with van der Waals surface area (Å²) < 4.78 is 10.5. The zero-order valence-corrected chi connectivity index (χ0v) is 18.5.